The van der Waals surface area contributed by atoms with E-state index in [9.17, 15) is 0 Å². The monoisotopic (exact) mass is 268 g/mol. The standard InChI is InChI=1S/C11H10Cl2N4/c1-6-10(14)15-5-16-11(6)17-7-2-3-8(12)9(13)4-7/h2-5H,1H3,(H3,14,15,16,17). The Kier molecular flexibility index (Phi) is 3.36. The highest BCUT2D eigenvalue weighted by Crippen LogP contribution is 2.27. The van der Waals surface area contributed by atoms with Gasteiger partial charge in [0, 0.05) is 11.3 Å². The molecule has 1 aromatic carbocycles. The van der Waals surface area contributed by atoms with Gasteiger partial charge in [-0.05, 0) is 25.1 Å². The van der Waals surface area contributed by atoms with Gasteiger partial charge >= 0.3 is 0 Å². The fourth-order valence-corrected chi connectivity index (χ4v) is 1.60. The first-order chi connectivity index (χ1) is 8.08. The fraction of sp³-hybridized carbons (Fsp3) is 0.0909. The second kappa shape index (κ2) is 4.77. The van der Waals surface area contributed by atoms with Gasteiger partial charge in [0.2, 0.25) is 0 Å². The van der Waals surface area contributed by atoms with Crippen molar-refractivity contribution >= 4 is 40.5 Å². The van der Waals surface area contributed by atoms with Gasteiger partial charge in [-0.3, -0.25) is 0 Å². The summed E-state index contributed by atoms with van der Waals surface area (Å²) in [5.74, 6) is 1.10. The molecular formula is C11H10Cl2N4. The van der Waals surface area contributed by atoms with Gasteiger partial charge in [0.05, 0.1) is 10.0 Å². The molecule has 6 heteroatoms. The molecule has 0 atom stereocenters. The Morgan fingerprint density at radius 1 is 1.18 bits per heavy atom. The molecule has 0 amide bonds. The molecule has 0 aliphatic heterocycles. The summed E-state index contributed by atoms with van der Waals surface area (Å²) in [6, 6.07) is 5.25. The SMILES string of the molecule is Cc1c(N)ncnc1Nc1ccc(Cl)c(Cl)c1. The lowest BCUT2D eigenvalue weighted by Crippen LogP contribution is -2.01. The van der Waals surface area contributed by atoms with E-state index in [2.05, 4.69) is 15.3 Å². The minimum absolute atomic E-state index is 0.447. The van der Waals surface area contributed by atoms with Crippen molar-refractivity contribution in [1.29, 1.82) is 0 Å². The van der Waals surface area contributed by atoms with Crippen molar-refractivity contribution in [2.24, 2.45) is 0 Å². The number of rotatable bonds is 2. The molecule has 0 unspecified atom stereocenters. The molecule has 0 fully saturated rings. The first-order valence-electron chi connectivity index (χ1n) is 4.87. The number of hydrogen-bond donors (Lipinski definition) is 2. The van der Waals surface area contributed by atoms with Gasteiger partial charge in [0.15, 0.2) is 0 Å². The second-order valence-corrected chi connectivity index (χ2v) is 4.30. The predicted molar refractivity (Wildman–Crippen MR) is 70.9 cm³/mol. The molecule has 0 saturated carbocycles. The number of anilines is 3. The van der Waals surface area contributed by atoms with Gasteiger partial charge in [0.25, 0.3) is 0 Å². The van der Waals surface area contributed by atoms with Crippen molar-refractivity contribution in [3.05, 3.63) is 40.1 Å². The third-order valence-corrected chi connectivity index (χ3v) is 3.04. The average Bonchev–Trinajstić information content (AvgIpc) is 2.30. The molecule has 2 aromatic rings. The van der Waals surface area contributed by atoms with E-state index in [1.807, 2.05) is 13.0 Å². The summed E-state index contributed by atoms with van der Waals surface area (Å²) in [4.78, 5) is 8.00. The summed E-state index contributed by atoms with van der Waals surface area (Å²) in [7, 11) is 0. The van der Waals surface area contributed by atoms with Gasteiger partial charge in [0.1, 0.15) is 18.0 Å². The average molecular weight is 269 g/mol. The Bertz CT molecular complexity index is 557. The lowest BCUT2D eigenvalue weighted by atomic mass is 10.3. The van der Waals surface area contributed by atoms with Crippen LogP contribution in [0.4, 0.5) is 17.3 Å². The van der Waals surface area contributed by atoms with Crippen LogP contribution in [0.15, 0.2) is 24.5 Å². The van der Waals surface area contributed by atoms with Crippen molar-refractivity contribution in [2.45, 2.75) is 6.92 Å². The Morgan fingerprint density at radius 3 is 2.65 bits per heavy atom. The van der Waals surface area contributed by atoms with Crippen LogP contribution in [-0.4, -0.2) is 9.97 Å². The van der Waals surface area contributed by atoms with E-state index >= 15 is 0 Å². The van der Waals surface area contributed by atoms with Gasteiger partial charge in [-0.1, -0.05) is 23.2 Å². The van der Waals surface area contributed by atoms with Gasteiger partial charge in [-0.25, -0.2) is 9.97 Å². The van der Waals surface area contributed by atoms with Crippen molar-refractivity contribution in [3.63, 3.8) is 0 Å². The number of nitrogens with two attached hydrogens (primary N) is 1. The van der Waals surface area contributed by atoms with E-state index in [4.69, 9.17) is 28.9 Å². The quantitative estimate of drug-likeness (QED) is 0.876. The molecule has 1 heterocycles. The summed E-state index contributed by atoms with van der Waals surface area (Å²) >= 11 is 11.8. The maximum atomic E-state index is 5.92. The molecule has 88 valence electrons. The van der Waals surface area contributed by atoms with Crippen LogP contribution in [0, 0.1) is 6.92 Å². The minimum Gasteiger partial charge on any atom is -0.383 e. The van der Waals surface area contributed by atoms with Crippen molar-refractivity contribution < 1.29 is 0 Å². The molecule has 17 heavy (non-hydrogen) atoms. The highest BCUT2D eigenvalue weighted by Gasteiger charge is 2.05. The molecule has 1 aromatic heterocycles. The van der Waals surface area contributed by atoms with Crippen LogP contribution in [0.5, 0.6) is 0 Å². The van der Waals surface area contributed by atoms with E-state index < -0.39 is 0 Å². The van der Waals surface area contributed by atoms with E-state index in [1.54, 1.807) is 12.1 Å². The number of nitrogens with zero attached hydrogens (tertiary/aromatic N) is 2. The van der Waals surface area contributed by atoms with E-state index in [1.165, 1.54) is 6.33 Å². The maximum Gasteiger partial charge on any atom is 0.138 e. The van der Waals surface area contributed by atoms with E-state index in [-0.39, 0.29) is 0 Å². The first-order valence-corrected chi connectivity index (χ1v) is 5.62. The highest BCUT2D eigenvalue weighted by molar-refractivity contribution is 6.42. The number of benzene rings is 1. The molecule has 2 rings (SSSR count). The summed E-state index contributed by atoms with van der Waals surface area (Å²) in [6.07, 6.45) is 1.40. The number of hydrogen-bond acceptors (Lipinski definition) is 4. The normalized spacial score (nSPS) is 10.3. The Labute approximate surface area is 109 Å². The van der Waals surface area contributed by atoms with Crippen LogP contribution >= 0.6 is 23.2 Å². The van der Waals surface area contributed by atoms with Crippen LogP contribution in [0.2, 0.25) is 10.0 Å². The fourth-order valence-electron chi connectivity index (χ4n) is 1.30. The van der Waals surface area contributed by atoms with Crippen molar-refractivity contribution in [2.75, 3.05) is 11.1 Å². The Balaban J connectivity index is 2.31. The topological polar surface area (TPSA) is 63.8 Å². The summed E-state index contributed by atoms with van der Waals surface area (Å²) in [5, 5.41) is 4.10. The van der Waals surface area contributed by atoms with Crippen LogP contribution in [0.25, 0.3) is 0 Å². The number of nitrogen functional groups attached to an aromatic ring is 1. The molecular weight excluding hydrogens is 259 g/mol. The largest absolute Gasteiger partial charge is 0.383 e. The van der Waals surface area contributed by atoms with Crippen molar-refractivity contribution in [1.82, 2.24) is 9.97 Å². The lowest BCUT2D eigenvalue weighted by molar-refractivity contribution is 1.14. The summed E-state index contributed by atoms with van der Waals surface area (Å²) in [5.41, 5.74) is 7.27. The number of aromatic nitrogens is 2. The van der Waals surface area contributed by atoms with Crippen LogP contribution in [0.1, 0.15) is 5.56 Å². The maximum absolute atomic E-state index is 5.92. The van der Waals surface area contributed by atoms with E-state index in [0.29, 0.717) is 21.7 Å². The summed E-state index contributed by atoms with van der Waals surface area (Å²) in [6.45, 7) is 1.84. The first kappa shape index (κ1) is 12.0. The zero-order valence-corrected chi connectivity index (χ0v) is 10.5. The lowest BCUT2D eigenvalue weighted by Gasteiger charge is -2.09. The molecule has 0 aliphatic rings. The van der Waals surface area contributed by atoms with Gasteiger partial charge < -0.3 is 11.1 Å². The van der Waals surface area contributed by atoms with Crippen LogP contribution in [-0.2, 0) is 0 Å². The number of nitrogens with one attached hydrogen (secondary N) is 1. The molecule has 0 bridgehead atoms. The zero-order chi connectivity index (χ0) is 12.4. The molecule has 0 spiro atoms. The number of halogens is 2. The highest BCUT2D eigenvalue weighted by atomic mass is 35.5. The van der Waals surface area contributed by atoms with Crippen LogP contribution < -0.4 is 11.1 Å². The molecule has 3 N–H and O–H groups in total. The third-order valence-electron chi connectivity index (χ3n) is 2.31. The zero-order valence-electron chi connectivity index (χ0n) is 9.04. The van der Waals surface area contributed by atoms with Gasteiger partial charge in [-0.2, -0.15) is 0 Å². The van der Waals surface area contributed by atoms with Crippen LogP contribution in [0.3, 0.4) is 0 Å². The van der Waals surface area contributed by atoms with Crippen molar-refractivity contribution in [3.8, 4) is 0 Å². The van der Waals surface area contributed by atoms with E-state index in [0.717, 1.165) is 11.3 Å². The van der Waals surface area contributed by atoms with Gasteiger partial charge in [-0.15, -0.1) is 0 Å². The molecule has 0 saturated heterocycles. The molecule has 4 nitrogen and oxygen atoms in total. The summed E-state index contributed by atoms with van der Waals surface area (Å²) < 4.78 is 0. The predicted octanol–water partition coefficient (Wildman–Crippen LogP) is 3.42. The molecule has 0 radical (unpaired) electrons. The molecule has 0 aliphatic carbocycles. The smallest absolute Gasteiger partial charge is 0.138 e. The Morgan fingerprint density at radius 2 is 1.94 bits per heavy atom. The minimum atomic E-state index is 0.447. The second-order valence-electron chi connectivity index (χ2n) is 3.49. The third kappa shape index (κ3) is 2.60. The Hall–Kier alpha value is -1.52.